The molecule has 0 saturated heterocycles. The van der Waals surface area contributed by atoms with Crippen LogP contribution in [0.25, 0.3) is 0 Å². The van der Waals surface area contributed by atoms with Crippen LogP contribution in [0.4, 0.5) is 5.82 Å². The summed E-state index contributed by atoms with van der Waals surface area (Å²) in [6.07, 6.45) is 3.22. The number of hydrogen-bond donors (Lipinski definition) is 1. The van der Waals surface area contributed by atoms with Crippen LogP contribution in [0, 0.1) is 11.3 Å². The lowest BCUT2D eigenvalue weighted by atomic mass is 10.3. The van der Waals surface area contributed by atoms with Gasteiger partial charge in [-0.1, -0.05) is 0 Å². The molecule has 0 spiro atoms. The Labute approximate surface area is 58.3 Å². The Morgan fingerprint density at radius 2 is 2.30 bits per heavy atom. The summed E-state index contributed by atoms with van der Waals surface area (Å²) in [5.41, 5.74) is 5.92. The molecule has 1 heterocycles. The monoisotopic (exact) mass is 134 g/mol. The number of nitrogens with two attached hydrogens (primary N) is 1. The normalized spacial score (nSPS) is 8.70. The number of hydrogen-bond acceptors (Lipinski definition) is 4. The zero-order valence-corrected chi connectivity index (χ0v) is 5.28. The molecule has 0 amide bonds. The molecule has 0 fully saturated rings. The maximum absolute atomic E-state index is 8.24. The van der Waals surface area contributed by atoms with E-state index in [2.05, 4.69) is 9.97 Å². The first-order valence-corrected chi connectivity index (χ1v) is 2.76. The molecule has 10 heavy (non-hydrogen) atoms. The van der Waals surface area contributed by atoms with Crippen LogP contribution in [0.5, 0.6) is 0 Å². The van der Waals surface area contributed by atoms with Gasteiger partial charge in [-0.3, -0.25) is 4.98 Å². The molecule has 1 rings (SSSR count). The molecule has 0 unspecified atom stereocenters. The van der Waals surface area contributed by atoms with Gasteiger partial charge in [0.15, 0.2) is 0 Å². The van der Waals surface area contributed by atoms with Gasteiger partial charge in [-0.2, -0.15) is 5.26 Å². The molecule has 4 nitrogen and oxygen atoms in total. The molecule has 50 valence electrons. The number of nitriles is 1. The van der Waals surface area contributed by atoms with Crippen LogP contribution in [0.2, 0.25) is 0 Å². The van der Waals surface area contributed by atoms with Gasteiger partial charge in [0, 0.05) is 0 Å². The Bertz CT molecular complexity index is 245. The fraction of sp³-hybridized carbons (Fsp3) is 0.167. The summed E-state index contributed by atoms with van der Waals surface area (Å²) in [5.74, 6) is 0.377. The largest absolute Gasteiger partial charge is 0.382 e. The maximum atomic E-state index is 8.24. The number of aromatic nitrogens is 2. The molecule has 2 N–H and O–H groups in total. The predicted molar refractivity (Wildman–Crippen MR) is 35.8 cm³/mol. The van der Waals surface area contributed by atoms with Crippen molar-refractivity contribution in [2.45, 2.75) is 6.42 Å². The molecule has 0 aliphatic heterocycles. The lowest BCUT2D eigenvalue weighted by Gasteiger charge is -1.91. The van der Waals surface area contributed by atoms with Crippen LogP contribution in [0.3, 0.4) is 0 Å². The van der Waals surface area contributed by atoms with E-state index in [1.165, 1.54) is 12.4 Å². The molecule has 0 bridgehead atoms. The van der Waals surface area contributed by atoms with Crippen LogP contribution in [-0.4, -0.2) is 9.97 Å². The van der Waals surface area contributed by atoms with Crippen molar-refractivity contribution in [3.63, 3.8) is 0 Å². The van der Waals surface area contributed by atoms with Crippen molar-refractivity contribution >= 4 is 5.82 Å². The summed E-state index contributed by atoms with van der Waals surface area (Å²) in [6, 6.07) is 1.96. The van der Waals surface area contributed by atoms with Crippen molar-refractivity contribution in [1.82, 2.24) is 9.97 Å². The summed E-state index contributed by atoms with van der Waals surface area (Å²) < 4.78 is 0. The van der Waals surface area contributed by atoms with E-state index in [1.54, 1.807) is 0 Å². The van der Waals surface area contributed by atoms with E-state index in [1.807, 2.05) is 6.07 Å². The van der Waals surface area contributed by atoms with Crippen molar-refractivity contribution in [1.29, 1.82) is 5.26 Å². The molecule has 0 atom stereocenters. The van der Waals surface area contributed by atoms with Crippen LogP contribution in [0.1, 0.15) is 5.69 Å². The SMILES string of the molecule is N#CCc1cnc(N)cn1. The second kappa shape index (κ2) is 2.78. The van der Waals surface area contributed by atoms with E-state index in [0.717, 1.165) is 0 Å². The van der Waals surface area contributed by atoms with Crippen LogP contribution < -0.4 is 5.73 Å². The Hall–Kier alpha value is -1.63. The third-order valence-electron chi connectivity index (χ3n) is 0.985. The minimum atomic E-state index is 0.285. The smallest absolute Gasteiger partial charge is 0.141 e. The van der Waals surface area contributed by atoms with Crippen molar-refractivity contribution in [2.75, 3.05) is 5.73 Å². The number of rotatable bonds is 1. The molecule has 0 aliphatic rings. The van der Waals surface area contributed by atoms with Gasteiger partial charge in [0.05, 0.1) is 30.6 Å². The van der Waals surface area contributed by atoms with Gasteiger partial charge in [0.2, 0.25) is 0 Å². The Kier molecular flexibility index (Phi) is 1.80. The summed E-state index contributed by atoms with van der Waals surface area (Å²) in [7, 11) is 0. The van der Waals surface area contributed by atoms with E-state index in [4.69, 9.17) is 11.0 Å². The molecular formula is C6H6N4. The van der Waals surface area contributed by atoms with Gasteiger partial charge >= 0.3 is 0 Å². The van der Waals surface area contributed by atoms with E-state index in [0.29, 0.717) is 11.5 Å². The fourth-order valence-electron chi connectivity index (χ4n) is 0.537. The lowest BCUT2D eigenvalue weighted by molar-refractivity contribution is 1.07. The summed E-state index contributed by atoms with van der Waals surface area (Å²) in [5, 5.41) is 8.24. The van der Waals surface area contributed by atoms with Gasteiger partial charge in [-0.15, -0.1) is 0 Å². The van der Waals surface area contributed by atoms with Crippen molar-refractivity contribution in [3.8, 4) is 6.07 Å². The first-order valence-electron chi connectivity index (χ1n) is 2.76. The van der Waals surface area contributed by atoms with Gasteiger partial charge in [-0.25, -0.2) is 4.98 Å². The second-order valence-electron chi connectivity index (χ2n) is 1.77. The molecule has 4 heteroatoms. The maximum Gasteiger partial charge on any atom is 0.141 e. The summed E-state index contributed by atoms with van der Waals surface area (Å²) >= 11 is 0. The van der Waals surface area contributed by atoms with Crippen molar-refractivity contribution in [2.24, 2.45) is 0 Å². The highest BCUT2D eigenvalue weighted by atomic mass is 14.9. The number of anilines is 1. The minimum Gasteiger partial charge on any atom is -0.382 e. The summed E-state index contributed by atoms with van der Waals surface area (Å²) in [4.78, 5) is 7.62. The van der Waals surface area contributed by atoms with Gasteiger partial charge in [0.25, 0.3) is 0 Å². The van der Waals surface area contributed by atoms with Crippen LogP contribution >= 0.6 is 0 Å². The van der Waals surface area contributed by atoms with Crippen LogP contribution in [-0.2, 0) is 6.42 Å². The lowest BCUT2D eigenvalue weighted by Crippen LogP contribution is -1.94. The fourth-order valence-corrected chi connectivity index (χ4v) is 0.537. The molecule has 0 aromatic carbocycles. The number of nitrogen functional groups attached to an aromatic ring is 1. The van der Waals surface area contributed by atoms with Gasteiger partial charge in [0.1, 0.15) is 5.82 Å². The third-order valence-corrected chi connectivity index (χ3v) is 0.985. The first-order chi connectivity index (χ1) is 4.83. The number of nitrogens with zero attached hydrogens (tertiary/aromatic N) is 3. The van der Waals surface area contributed by atoms with Crippen LogP contribution in [0.15, 0.2) is 12.4 Å². The van der Waals surface area contributed by atoms with Crippen molar-refractivity contribution in [3.05, 3.63) is 18.1 Å². The molecule has 1 aromatic rings. The van der Waals surface area contributed by atoms with E-state index < -0.39 is 0 Å². The Morgan fingerprint density at radius 1 is 1.50 bits per heavy atom. The average molecular weight is 134 g/mol. The second-order valence-corrected chi connectivity index (χ2v) is 1.77. The highest BCUT2D eigenvalue weighted by Gasteiger charge is 1.91. The molecule has 1 aromatic heterocycles. The molecule has 0 radical (unpaired) electrons. The van der Waals surface area contributed by atoms with E-state index in [9.17, 15) is 0 Å². The van der Waals surface area contributed by atoms with E-state index in [-0.39, 0.29) is 6.42 Å². The molecular weight excluding hydrogens is 128 g/mol. The highest BCUT2D eigenvalue weighted by Crippen LogP contribution is 1.95. The van der Waals surface area contributed by atoms with E-state index >= 15 is 0 Å². The highest BCUT2D eigenvalue weighted by molar-refractivity contribution is 5.23. The summed E-state index contributed by atoms with van der Waals surface area (Å²) in [6.45, 7) is 0. The topological polar surface area (TPSA) is 75.6 Å². The Morgan fingerprint density at radius 3 is 2.80 bits per heavy atom. The zero-order chi connectivity index (χ0) is 7.40. The third kappa shape index (κ3) is 1.42. The molecule has 0 saturated carbocycles. The zero-order valence-electron chi connectivity index (χ0n) is 5.28. The first kappa shape index (κ1) is 6.49. The minimum absolute atomic E-state index is 0.285. The van der Waals surface area contributed by atoms with Crippen molar-refractivity contribution < 1.29 is 0 Å². The quantitative estimate of drug-likeness (QED) is 0.592. The predicted octanol–water partition coefficient (Wildman–Crippen LogP) is 0.125. The Balaban J connectivity index is 2.81. The standard InChI is InChI=1S/C6H6N4/c7-2-1-5-3-10-6(8)4-9-5/h3-4H,1H2,(H2,8,10). The van der Waals surface area contributed by atoms with Gasteiger partial charge in [-0.05, 0) is 0 Å². The molecule has 0 aliphatic carbocycles. The van der Waals surface area contributed by atoms with Gasteiger partial charge < -0.3 is 5.73 Å². The average Bonchev–Trinajstić information content (AvgIpc) is 1.95.